The third-order valence-corrected chi connectivity index (χ3v) is 3.50. The summed E-state index contributed by atoms with van der Waals surface area (Å²) in [5.41, 5.74) is 9.14. The number of nitrogens with two attached hydrogens (primary N) is 1. The smallest absolute Gasteiger partial charge is 0.146 e. The van der Waals surface area contributed by atoms with Crippen molar-refractivity contribution >= 4 is 5.69 Å². The second kappa shape index (κ2) is 6.53. The van der Waals surface area contributed by atoms with E-state index in [1.807, 2.05) is 36.9 Å². The first-order chi connectivity index (χ1) is 9.61. The number of rotatable bonds is 5. The average molecular weight is 272 g/mol. The lowest BCUT2D eigenvalue weighted by Gasteiger charge is -2.27. The van der Waals surface area contributed by atoms with Gasteiger partial charge in [0.1, 0.15) is 5.82 Å². The van der Waals surface area contributed by atoms with E-state index in [1.165, 1.54) is 11.6 Å². The zero-order valence-corrected chi connectivity index (χ0v) is 12.0. The Morgan fingerprint density at radius 2 is 1.75 bits per heavy atom. The minimum Gasteiger partial charge on any atom is -0.368 e. The summed E-state index contributed by atoms with van der Waals surface area (Å²) in [5.74, 6) is -0.203. The lowest BCUT2D eigenvalue weighted by atomic mass is 10.1. The Bertz CT molecular complexity index is 551. The molecule has 1 atom stereocenters. The minimum atomic E-state index is -0.203. The van der Waals surface area contributed by atoms with Crippen molar-refractivity contribution < 1.29 is 4.39 Å². The molecular formula is C17H21FN2. The highest BCUT2D eigenvalue weighted by molar-refractivity contribution is 5.48. The largest absolute Gasteiger partial charge is 0.368 e. The van der Waals surface area contributed by atoms with Crippen LogP contribution in [0.3, 0.4) is 0 Å². The molecular weight excluding hydrogens is 251 g/mol. The van der Waals surface area contributed by atoms with Crippen LogP contribution in [0.25, 0.3) is 0 Å². The average Bonchev–Trinajstić information content (AvgIpc) is 2.46. The molecule has 0 heterocycles. The SMILES string of the molecule is CCN(CC(N)c1ccc(C)cc1)c1ccccc1F. The number of anilines is 1. The van der Waals surface area contributed by atoms with Gasteiger partial charge >= 0.3 is 0 Å². The van der Waals surface area contributed by atoms with Crippen molar-refractivity contribution in [2.75, 3.05) is 18.0 Å². The zero-order valence-electron chi connectivity index (χ0n) is 12.0. The van der Waals surface area contributed by atoms with Gasteiger partial charge < -0.3 is 10.6 Å². The maximum absolute atomic E-state index is 13.9. The number of hydrogen-bond donors (Lipinski definition) is 1. The molecule has 0 aliphatic heterocycles. The molecule has 20 heavy (non-hydrogen) atoms. The lowest BCUT2D eigenvalue weighted by molar-refractivity contribution is 0.606. The first-order valence-electron chi connectivity index (χ1n) is 6.93. The van der Waals surface area contributed by atoms with E-state index < -0.39 is 0 Å². The third-order valence-electron chi connectivity index (χ3n) is 3.50. The van der Waals surface area contributed by atoms with Crippen molar-refractivity contribution in [1.82, 2.24) is 0 Å². The number of benzene rings is 2. The molecule has 2 aromatic rings. The van der Waals surface area contributed by atoms with E-state index in [0.717, 1.165) is 12.1 Å². The van der Waals surface area contributed by atoms with Crippen molar-refractivity contribution in [2.24, 2.45) is 5.73 Å². The van der Waals surface area contributed by atoms with Crippen molar-refractivity contribution in [3.63, 3.8) is 0 Å². The zero-order chi connectivity index (χ0) is 14.5. The normalized spacial score (nSPS) is 12.2. The molecule has 3 heteroatoms. The highest BCUT2D eigenvalue weighted by atomic mass is 19.1. The topological polar surface area (TPSA) is 29.3 Å². The number of nitrogens with zero attached hydrogens (tertiary/aromatic N) is 1. The molecule has 0 aromatic heterocycles. The first-order valence-corrected chi connectivity index (χ1v) is 6.93. The van der Waals surface area contributed by atoms with Crippen LogP contribution in [-0.2, 0) is 0 Å². The summed E-state index contributed by atoms with van der Waals surface area (Å²) in [4.78, 5) is 1.97. The monoisotopic (exact) mass is 272 g/mol. The van der Waals surface area contributed by atoms with Gasteiger partial charge in [-0.3, -0.25) is 0 Å². The van der Waals surface area contributed by atoms with Gasteiger partial charge in [0.05, 0.1) is 5.69 Å². The van der Waals surface area contributed by atoms with Crippen molar-refractivity contribution in [3.8, 4) is 0 Å². The molecule has 0 saturated heterocycles. The van der Waals surface area contributed by atoms with E-state index in [2.05, 4.69) is 12.1 Å². The number of para-hydroxylation sites is 1. The molecule has 0 spiro atoms. The quantitative estimate of drug-likeness (QED) is 0.900. The molecule has 0 fully saturated rings. The van der Waals surface area contributed by atoms with Crippen LogP contribution in [0.15, 0.2) is 48.5 Å². The van der Waals surface area contributed by atoms with E-state index in [9.17, 15) is 4.39 Å². The second-order valence-corrected chi connectivity index (χ2v) is 5.01. The summed E-state index contributed by atoms with van der Waals surface area (Å²) in [5, 5.41) is 0. The molecule has 0 aliphatic carbocycles. The predicted octanol–water partition coefficient (Wildman–Crippen LogP) is 3.66. The van der Waals surface area contributed by atoms with Crippen LogP contribution in [0, 0.1) is 12.7 Å². The molecule has 0 bridgehead atoms. The van der Waals surface area contributed by atoms with E-state index in [4.69, 9.17) is 5.73 Å². The Labute approximate surface area is 120 Å². The van der Waals surface area contributed by atoms with Gasteiger partial charge in [-0.25, -0.2) is 4.39 Å². The molecule has 2 rings (SSSR count). The lowest BCUT2D eigenvalue weighted by Crippen LogP contribution is -2.32. The summed E-state index contributed by atoms with van der Waals surface area (Å²) < 4.78 is 13.9. The van der Waals surface area contributed by atoms with E-state index in [0.29, 0.717) is 12.2 Å². The minimum absolute atomic E-state index is 0.129. The van der Waals surface area contributed by atoms with Gasteiger partial charge in [-0.15, -0.1) is 0 Å². The van der Waals surface area contributed by atoms with Crippen LogP contribution in [-0.4, -0.2) is 13.1 Å². The van der Waals surface area contributed by atoms with Crippen LogP contribution in [0.2, 0.25) is 0 Å². The fourth-order valence-electron chi connectivity index (χ4n) is 2.26. The van der Waals surface area contributed by atoms with Crippen LogP contribution in [0.1, 0.15) is 24.1 Å². The van der Waals surface area contributed by atoms with Gasteiger partial charge in [-0.05, 0) is 31.5 Å². The highest BCUT2D eigenvalue weighted by Gasteiger charge is 2.14. The first kappa shape index (κ1) is 14.5. The predicted molar refractivity (Wildman–Crippen MR) is 82.4 cm³/mol. The van der Waals surface area contributed by atoms with Gasteiger partial charge in [0.2, 0.25) is 0 Å². The maximum Gasteiger partial charge on any atom is 0.146 e. The van der Waals surface area contributed by atoms with Gasteiger partial charge in [-0.1, -0.05) is 42.0 Å². The summed E-state index contributed by atoms with van der Waals surface area (Å²) in [6.07, 6.45) is 0. The summed E-state index contributed by atoms with van der Waals surface area (Å²) in [7, 11) is 0. The van der Waals surface area contributed by atoms with Crippen molar-refractivity contribution in [3.05, 3.63) is 65.5 Å². The molecule has 0 amide bonds. The molecule has 0 radical (unpaired) electrons. The number of halogens is 1. The highest BCUT2D eigenvalue weighted by Crippen LogP contribution is 2.21. The van der Waals surface area contributed by atoms with Crippen molar-refractivity contribution in [1.29, 1.82) is 0 Å². The van der Waals surface area contributed by atoms with Crippen LogP contribution in [0.4, 0.5) is 10.1 Å². The molecule has 2 N–H and O–H groups in total. The summed E-state index contributed by atoms with van der Waals surface area (Å²) in [6, 6.07) is 14.9. The number of aryl methyl sites for hydroxylation is 1. The van der Waals surface area contributed by atoms with Crippen molar-refractivity contribution in [2.45, 2.75) is 19.9 Å². The number of likely N-dealkylation sites (N-methyl/N-ethyl adjacent to an activating group) is 1. The Hall–Kier alpha value is -1.87. The van der Waals surface area contributed by atoms with Crippen LogP contribution in [0.5, 0.6) is 0 Å². The standard InChI is InChI=1S/C17H21FN2/c1-3-20(17-7-5-4-6-15(17)18)12-16(19)14-10-8-13(2)9-11-14/h4-11,16H,3,12,19H2,1-2H3. The molecule has 2 nitrogen and oxygen atoms in total. The van der Waals surface area contributed by atoms with E-state index >= 15 is 0 Å². The third kappa shape index (κ3) is 3.36. The Kier molecular flexibility index (Phi) is 4.74. The van der Waals surface area contributed by atoms with Gasteiger partial charge in [0.15, 0.2) is 0 Å². The summed E-state index contributed by atoms with van der Waals surface area (Å²) in [6.45, 7) is 5.38. The van der Waals surface area contributed by atoms with Gasteiger partial charge in [0, 0.05) is 19.1 Å². The fraction of sp³-hybridized carbons (Fsp3) is 0.294. The second-order valence-electron chi connectivity index (χ2n) is 5.01. The molecule has 106 valence electrons. The van der Waals surface area contributed by atoms with Gasteiger partial charge in [0.25, 0.3) is 0 Å². The Morgan fingerprint density at radius 3 is 2.35 bits per heavy atom. The molecule has 0 saturated carbocycles. The molecule has 0 aliphatic rings. The number of hydrogen-bond acceptors (Lipinski definition) is 2. The van der Waals surface area contributed by atoms with Gasteiger partial charge in [-0.2, -0.15) is 0 Å². The molecule has 2 aromatic carbocycles. The maximum atomic E-state index is 13.9. The summed E-state index contributed by atoms with van der Waals surface area (Å²) >= 11 is 0. The fourth-order valence-corrected chi connectivity index (χ4v) is 2.26. The Morgan fingerprint density at radius 1 is 1.10 bits per heavy atom. The van der Waals surface area contributed by atoms with E-state index in [1.54, 1.807) is 12.1 Å². The van der Waals surface area contributed by atoms with Crippen LogP contribution >= 0.6 is 0 Å². The molecule has 1 unspecified atom stereocenters. The van der Waals surface area contributed by atoms with E-state index in [-0.39, 0.29) is 11.9 Å². The van der Waals surface area contributed by atoms with Crippen LogP contribution < -0.4 is 10.6 Å². The Balaban J connectivity index is 2.14.